The van der Waals surface area contributed by atoms with Gasteiger partial charge in [0, 0.05) is 25.9 Å². The van der Waals surface area contributed by atoms with Gasteiger partial charge in [-0.15, -0.1) is 24.0 Å². The number of halogens is 1. The normalized spacial score (nSPS) is 12.1. The molecule has 172 valence electrons. The summed E-state index contributed by atoms with van der Waals surface area (Å²) in [6, 6.07) is 7.65. The van der Waals surface area contributed by atoms with E-state index in [-0.39, 0.29) is 42.0 Å². The molecule has 0 aromatic heterocycles. The Bertz CT molecular complexity index is 611. The molecule has 1 atom stereocenters. The Morgan fingerprint density at radius 2 is 1.77 bits per heavy atom. The molecule has 0 fully saturated rings. The summed E-state index contributed by atoms with van der Waals surface area (Å²) in [5.74, 6) is 0.798. The second kappa shape index (κ2) is 17.1. The lowest BCUT2D eigenvalue weighted by atomic mass is 10.2. The summed E-state index contributed by atoms with van der Waals surface area (Å²) in [7, 11) is 3.03. The summed E-state index contributed by atoms with van der Waals surface area (Å²) >= 11 is 0. The molecule has 0 amide bonds. The minimum atomic E-state index is -0.321. The second-order valence-corrected chi connectivity index (χ2v) is 6.81. The van der Waals surface area contributed by atoms with Crippen molar-refractivity contribution in [2.75, 3.05) is 52.4 Å². The van der Waals surface area contributed by atoms with E-state index in [1.807, 2.05) is 38.1 Å². The molecule has 1 rings (SSSR count). The molecule has 0 aliphatic carbocycles. The zero-order chi connectivity index (χ0) is 21.5. The zero-order valence-electron chi connectivity index (χ0n) is 18.6. The highest BCUT2D eigenvalue weighted by Crippen LogP contribution is 2.16. The van der Waals surface area contributed by atoms with Gasteiger partial charge in [-0.05, 0) is 44.5 Å². The van der Waals surface area contributed by atoms with Crippen molar-refractivity contribution in [3.05, 3.63) is 24.3 Å². The third kappa shape index (κ3) is 12.9. The van der Waals surface area contributed by atoms with Crippen LogP contribution in [-0.2, 0) is 19.0 Å². The molecule has 1 aromatic carbocycles. The predicted molar refractivity (Wildman–Crippen MR) is 130 cm³/mol. The van der Waals surface area contributed by atoms with E-state index >= 15 is 0 Å². The van der Waals surface area contributed by atoms with Gasteiger partial charge in [-0.3, -0.25) is 9.79 Å². The maximum Gasteiger partial charge on any atom is 0.310 e. The van der Waals surface area contributed by atoms with Crippen molar-refractivity contribution in [2.45, 2.75) is 33.3 Å². The van der Waals surface area contributed by atoms with Crippen LogP contribution < -0.4 is 15.4 Å². The van der Waals surface area contributed by atoms with Crippen LogP contribution in [0.2, 0.25) is 0 Å². The number of hydrogen-bond acceptors (Lipinski definition) is 6. The van der Waals surface area contributed by atoms with Gasteiger partial charge >= 0.3 is 5.97 Å². The molecule has 1 unspecified atom stereocenters. The Kier molecular flexibility index (Phi) is 16.2. The first kappa shape index (κ1) is 28.4. The van der Waals surface area contributed by atoms with E-state index < -0.39 is 0 Å². The number of aliphatic imine (C=N–C) groups is 1. The van der Waals surface area contributed by atoms with Gasteiger partial charge in [0.05, 0.1) is 38.9 Å². The van der Waals surface area contributed by atoms with Gasteiger partial charge < -0.3 is 29.6 Å². The fraction of sp³-hybridized carbons (Fsp3) is 0.619. The van der Waals surface area contributed by atoms with Crippen LogP contribution in [0.5, 0.6) is 5.75 Å². The van der Waals surface area contributed by atoms with Crippen molar-refractivity contribution < 1.29 is 23.7 Å². The SMILES string of the molecule is COCCOCCCNC(=NCC(C)C(=O)OC)Nc1ccc(OC(C)C)cc1.I. The molecule has 9 heteroatoms. The first-order chi connectivity index (χ1) is 14.0. The number of nitrogens with zero attached hydrogens (tertiary/aromatic N) is 1. The zero-order valence-corrected chi connectivity index (χ0v) is 20.9. The number of hydrogen-bond donors (Lipinski definition) is 2. The van der Waals surface area contributed by atoms with E-state index in [4.69, 9.17) is 18.9 Å². The fourth-order valence-corrected chi connectivity index (χ4v) is 2.29. The molecule has 0 radical (unpaired) electrons. The van der Waals surface area contributed by atoms with E-state index in [9.17, 15) is 4.79 Å². The highest BCUT2D eigenvalue weighted by Gasteiger charge is 2.12. The molecule has 0 aliphatic rings. The minimum Gasteiger partial charge on any atom is -0.491 e. The van der Waals surface area contributed by atoms with Crippen molar-refractivity contribution in [3.8, 4) is 5.75 Å². The first-order valence-corrected chi connectivity index (χ1v) is 9.92. The van der Waals surface area contributed by atoms with Gasteiger partial charge in [-0.25, -0.2) is 0 Å². The fourth-order valence-electron chi connectivity index (χ4n) is 2.29. The number of rotatable bonds is 13. The maximum absolute atomic E-state index is 11.6. The molecule has 0 aliphatic heterocycles. The van der Waals surface area contributed by atoms with E-state index in [0.717, 1.165) is 17.9 Å². The lowest BCUT2D eigenvalue weighted by Gasteiger charge is -2.15. The van der Waals surface area contributed by atoms with Gasteiger partial charge in [0.15, 0.2) is 5.96 Å². The number of benzene rings is 1. The topological polar surface area (TPSA) is 90.4 Å². The smallest absolute Gasteiger partial charge is 0.310 e. The highest BCUT2D eigenvalue weighted by molar-refractivity contribution is 14.0. The number of anilines is 1. The molecule has 0 saturated heterocycles. The van der Waals surface area contributed by atoms with Crippen LogP contribution in [-0.4, -0.2) is 65.2 Å². The molecule has 8 nitrogen and oxygen atoms in total. The minimum absolute atomic E-state index is 0. The summed E-state index contributed by atoms with van der Waals surface area (Å²) in [4.78, 5) is 16.1. The van der Waals surface area contributed by atoms with Crippen molar-refractivity contribution in [3.63, 3.8) is 0 Å². The average Bonchev–Trinajstić information content (AvgIpc) is 2.71. The highest BCUT2D eigenvalue weighted by atomic mass is 127. The van der Waals surface area contributed by atoms with Crippen molar-refractivity contribution >= 4 is 41.6 Å². The summed E-state index contributed by atoms with van der Waals surface area (Å²) in [6.45, 7) is 8.56. The molecule has 30 heavy (non-hydrogen) atoms. The number of esters is 1. The monoisotopic (exact) mass is 537 g/mol. The molecule has 0 saturated carbocycles. The summed E-state index contributed by atoms with van der Waals surface area (Å²) in [5, 5.41) is 6.52. The third-order valence-corrected chi connectivity index (χ3v) is 3.81. The molecule has 0 spiro atoms. The van der Waals surface area contributed by atoms with E-state index in [0.29, 0.717) is 38.9 Å². The summed E-state index contributed by atoms with van der Waals surface area (Å²) in [6.07, 6.45) is 0.941. The first-order valence-electron chi connectivity index (χ1n) is 9.92. The van der Waals surface area contributed by atoms with Gasteiger partial charge in [0.2, 0.25) is 0 Å². The largest absolute Gasteiger partial charge is 0.491 e. The van der Waals surface area contributed by atoms with Gasteiger partial charge in [0.25, 0.3) is 0 Å². The number of methoxy groups -OCH3 is 2. The van der Waals surface area contributed by atoms with Crippen LogP contribution in [0.3, 0.4) is 0 Å². The third-order valence-electron chi connectivity index (χ3n) is 3.81. The average molecular weight is 537 g/mol. The number of nitrogens with one attached hydrogen (secondary N) is 2. The lowest BCUT2D eigenvalue weighted by Crippen LogP contribution is -2.33. The van der Waals surface area contributed by atoms with Crippen LogP contribution >= 0.6 is 24.0 Å². The van der Waals surface area contributed by atoms with Gasteiger partial charge in [-0.2, -0.15) is 0 Å². The van der Waals surface area contributed by atoms with Gasteiger partial charge in [0.1, 0.15) is 5.75 Å². The second-order valence-electron chi connectivity index (χ2n) is 6.81. The molecule has 0 heterocycles. The van der Waals surface area contributed by atoms with Crippen LogP contribution in [0.1, 0.15) is 27.2 Å². The standard InChI is InChI=1S/C21H35N3O5.HI/c1-16(2)29-19-9-7-18(8-10-19)24-21(23-15-17(3)20(25)27-5)22-11-6-12-28-14-13-26-4;/h7-10,16-17H,6,11-15H2,1-5H3,(H2,22,23,24);1H. The molecule has 2 N–H and O–H groups in total. The molecule has 0 bridgehead atoms. The number of carbonyl (C=O) groups is 1. The lowest BCUT2D eigenvalue weighted by molar-refractivity contribution is -0.144. The van der Waals surface area contributed by atoms with Crippen LogP contribution in [0.4, 0.5) is 5.69 Å². The van der Waals surface area contributed by atoms with Gasteiger partial charge in [-0.1, -0.05) is 6.92 Å². The molecule has 1 aromatic rings. The van der Waals surface area contributed by atoms with Crippen molar-refractivity contribution in [1.29, 1.82) is 0 Å². The number of carbonyl (C=O) groups excluding carboxylic acids is 1. The van der Waals surface area contributed by atoms with E-state index in [1.54, 1.807) is 14.0 Å². The van der Waals surface area contributed by atoms with E-state index in [2.05, 4.69) is 15.6 Å². The van der Waals surface area contributed by atoms with Crippen LogP contribution in [0.15, 0.2) is 29.3 Å². The summed E-state index contributed by atoms with van der Waals surface area (Å²) < 4.78 is 20.8. The number of guanidine groups is 1. The van der Waals surface area contributed by atoms with Crippen molar-refractivity contribution in [2.24, 2.45) is 10.9 Å². The molecular weight excluding hydrogens is 501 g/mol. The quantitative estimate of drug-likeness (QED) is 0.131. The van der Waals surface area contributed by atoms with Crippen LogP contribution in [0.25, 0.3) is 0 Å². The Balaban J connectivity index is 0.00000841. The maximum atomic E-state index is 11.6. The predicted octanol–water partition coefficient (Wildman–Crippen LogP) is 3.31. The Morgan fingerprint density at radius 1 is 1.07 bits per heavy atom. The van der Waals surface area contributed by atoms with Crippen LogP contribution in [0, 0.1) is 5.92 Å². The van der Waals surface area contributed by atoms with E-state index in [1.165, 1.54) is 7.11 Å². The Hall–Kier alpha value is -1.59. The Labute approximate surface area is 197 Å². The molecular formula is C21H36IN3O5. The number of ether oxygens (including phenoxy) is 4. The summed E-state index contributed by atoms with van der Waals surface area (Å²) in [5.41, 5.74) is 0.870. The Morgan fingerprint density at radius 3 is 2.37 bits per heavy atom. The van der Waals surface area contributed by atoms with Crippen molar-refractivity contribution in [1.82, 2.24) is 5.32 Å².